The second-order valence-electron chi connectivity index (χ2n) is 4.59. The van der Waals surface area contributed by atoms with Gasteiger partial charge in [-0.2, -0.15) is 0 Å². The lowest BCUT2D eigenvalue weighted by Crippen LogP contribution is -2.32. The number of nitrogens with one attached hydrogen (secondary N) is 2. The van der Waals surface area contributed by atoms with Crippen LogP contribution in [0.15, 0.2) is 24.8 Å². The zero-order valence-electron chi connectivity index (χ0n) is 12.3. The van der Waals surface area contributed by atoms with Crippen molar-refractivity contribution in [2.45, 2.75) is 19.5 Å². The fraction of sp³-hybridized carbons (Fsp3) is 0.385. The SMILES string of the molecule is COCCn1cnnc1C(C)NC(=O)Nc1cncc(F)c1. The van der Waals surface area contributed by atoms with Gasteiger partial charge in [-0.15, -0.1) is 10.2 Å². The summed E-state index contributed by atoms with van der Waals surface area (Å²) >= 11 is 0. The smallest absolute Gasteiger partial charge is 0.319 e. The van der Waals surface area contributed by atoms with Crippen LogP contribution >= 0.6 is 0 Å². The van der Waals surface area contributed by atoms with Gasteiger partial charge < -0.3 is 19.9 Å². The lowest BCUT2D eigenvalue weighted by atomic mass is 10.3. The summed E-state index contributed by atoms with van der Waals surface area (Å²) in [7, 11) is 1.60. The Labute approximate surface area is 126 Å². The van der Waals surface area contributed by atoms with E-state index < -0.39 is 11.8 Å². The summed E-state index contributed by atoms with van der Waals surface area (Å²) < 4.78 is 19.8. The van der Waals surface area contributed by atoms with Crippen LogP contribution in [0.3, 0.4) is 0 Å². The third-order valence-corrected chi connectivity index (χ3v) is 2.88. The van der Waals surface area contributed by atoms with Crippen LogP contribution in [0.4, 0.5) is 14.9 Å². The van der Waals surface area contributed by atoms with Crippen LogP contribution in [0.1, 0.15) is 18.8 Å². The number of anilines is 1. The van der Waals surface area contributed by atoms with Gasteiger partial charge >= 0.3 is 6.03 Å². The molecule has 0 spiro atoms. The van der Waals surface area contributed by atoms with Crippen molar-refractivity contribution in [3.8, 4) is 0 Å². The molecule has 1 unspecified atom stereocenters. The van der Waals surface area contributed by atoms with Crippen molar-refractivity contribution >= 4 is 11.7 Å². The average molecular weight is 308 g/mol. The molecule has 9 heteroatoms. The molecule has 8 nitrogen and oxygen atoms in total. The van der Waals surface area contributed by atoms with E-state index in [0.717, 1.165) is 6.20 Å². The van der Waals surface area contributed by atoms with Gasteiger partial charge in [-0.3, -0.25) is 4.98 Å². The Kier molecular flexibility index (Phi) is 5.37. The van der Waals surface area contributed by atoms with Crippen molar-refractivity contribution in [1.82, 2.24) is 25.1 Å². The van der Waals surface area contributed by atoms with E-state index in [0.29, 0.717) is 19.0 Å². The summed E-state index contributed by atoms with van der Waals surface area (Å²) in [6, 6.07) is 0.320. The largest absolute Gasteiger partial charge is 0.383 e. The maximum atomic E-state index is 13.0. The second-order valence-corrected chi connectivity index (χ2v) is 4.59. The molecular formula is C13H17FN6O2. The molecule has 1 atom stereocenters. The molecule has 0 bridgehead atoms. The molecule has 2 rings (SSSR count). The van der Waals surface area contributed by atoms with E-state index in [4.69, 9.17) is 4.74 Å². The number of ether oxygens (including phenoxy) is 1. The minimum absolute atomic E-state index is 0.269. The third-order valence-electron chi connectivity index (χ3n) is 2.88. The van der Waals surface area contributed by atoms with Crippen LogP contribution in [0.5, 0.6) is 0 Å². The summed E-state index contributed by atoms with van der Waals surface area (Å²) in [6.45, 7) is 2.87. The Balaban J connectivity index is 1.95. The average Bonchev–Trinajstić information content (AvgIpc) is 2.93. The predicted octanol–water partition coefficient (Wildman–Crippen LogP) is 1.34. The number of aromatic nitrogens is 4. The molecule has 2 aromatic rings. The number of methoxy groups -OCH3 is 1. The second kappa shape index (κ2) is 7.46. The number of hydrogen-bond acceptors (Lipinski definition) is 5. The van der Waals surface area contributed by atoms with Crippen molar-refractivity contribution in [3.63, 3.8) is 0 Å². The number of carbonyl (C=O) groups is 1. The van der Waals surface area contributed by atoms with Crippen LogP contribution < -0.4 is 10.6 Å². The van der Waals surface area contributed by atoms with Gasteiger partial charge in [0.25, 0.3) is 0 Å². The normalized spacial score (nSPS) is 12.0. The Bertz CT molecular complexity index is 632. The molecule has 0 fully saturated rings. The van der Waals surface area contributed by atoms with E-state index in [1.54, 1.807) is 24.9 Å². The molecule has 0 saturated carbocycles. The van der Waals surface area contributed by atoms with E-state index in [1.807, 2.05) is 0 Å². The van der Waals surface area contributed by atoms with Gasteiger partial charge in [-0.25, -0.2) is 9.18 Å². The van der Waals surface area contributed by atoms with Gasteiger partial charge in [-0.1, -0.05) is 0 Å². The van der Waals surface area contributed by atoms with Crippen molar-refractivity contribution in [3.05, 3.63) is 36.4 Å². The molecule has 0 aliphatic heterocycles. The van der Waals surface area contributed by atoms with Crippen molar-refractivity contribution in [2.75, 3.05) is 19.0 Å². The summed E-state index contributed by atoms with van der Waals surface area (Å²) in [4.78, 5) is 15.6. The van der Waals surface area contributed by atoms with Crippen molar-refractivity contribution in [2.24, 2.45) is 0 Å². The zero-order valence-corrected chi connectivity index (χ0v) is 12.3. The van der Waals surface area contributed by atoms with Crippen LogP contribution in [0.25, 0.3) is 0 Å². The third kappa shape index (κ3) is 4.22. The standard InChI is InChI=1S/C13H17FN6O2/c1-9(12-19-16-8-20(12)3-4-22-2)17-13(21)18-11-5-10(14)6-15-7-11/h5-9H,3-4H2,1-2H3,(H2,17,18,21). The number of pyridine rings is 1. The molecule has 0 aromatic carbocycles. The number of halogens is 1. The summed E-state index contributed by atoms with van der Waals surface area (Å²) in [5.74, 6) is 0.0784. The monoisotopic (exact) mass is 308 g/mol. The van der Waals surface area contributed by atoms with Crippen LogP contribution in [0.2, 0.25) is 0 Å². The quantitative estimate of drug-likeness (QED) is 0.840. The van der Waals surface area contributed by atoms with Gasteiger partial charge in [-0.05, 0) is 6.92 Å². The Morgan fingerprint density at radius 2 is 2.32 bits per heavy atom. The fourth-order valence-electron chi connectivity index (χ4n) is 1.87. The number of amides is 2. The Morgan fingerprint density at radius 3 is 3.05 bits per heavy atom. The number of rotatable bonds is 6. The summed E-state index contributed by atoms with van der Waals surface area (Å²) in [5.41, 5.74) is 0.269. The maximum absolute atomic E-state index is 13.0. The van der Waals surface area contributed by atoms with Crippen LogP contribution in [-0.4, -0.2) is 39.5 Å². The van der Waals surface area contributed by atoms with Crippen molar-refractivity contribution < 1.29 is 13.9 Å². The molecule has 118 valence electrons. The Hall–Kier alpha value is -2.55. The highest BCUT2D eigenvalue weighted by Gasteiger charge is 2.15. The highest BCUT2D eigenvalue weighted by molar-refractivity contribution is 5.89. The van der Waals surface area contributed by atoms with E-state index >= 15 is 0 Å². The van der Waals surface area contributed by atoms with Gasteiger partial charge in [0.2, 0.25) is 0 Å². The van der Waals surface area contributed by atoms with E-state index in [2.05, 4.69) is 25.8 Å². The van der Waals surface area contributed by atoms with Crippen LogP contribution in [0, 0.1) is 5.82 Å². The van der Waals surface area contributed by atoms with E-state index in [1.165, 1.54) is 12.3 Å². The van der Waals surface area contributed by atoms with Crippen LogP contribution in [-0.2, 0) is 11.3 Å². The first-order chi connectivity index (χ1) is 10.6. The molecule has 0 saturated heterocycles. The number of carbonyl (C=O) groups excluding carboxylic acids is 1. The summed E-state index contributed by atoms with van der Waals surface area (Å²) in [6.07, 6.45) is 3.99. The number of urea groups is 1. The first kappa shape index (κ1) is 15.8. The molecule has 22 heavy (non-hydrogen) atoms. The zero-order chi connectivity index (χ0) is 15.9. The number of hydrogen-bond donors (Lipinski definition) is 2. The number of nitrogens with zero attached hydrogens (tertiary/aromatic N) is 4. The first-order valence-corrected chi connectivity index (χ1v) is 6.65. The first-order valence-electron chi connectivity index (χ1n) is 6.65. The van der Waals surface area contributed by atoms with Gasteiger partial charge in [0.1, 0.15) is 12.1 Å². The van der Waals surface area contributed by atoms with Gasteiger partial charge in [0.05, 0.1) is 30.7 Å². The highest BCUT2D eigenvalue weighted by atomic mass is 19.1. The molecule has 2 amide bonds. The van der Waals surface area contributed by atoms with Gasteiger partial charge in [0.15, 0.2) is 5.82 Å². The lowest BCUT2D eigenvalue weighted by molar-refractivity contribution is 0.185. The van der Waals surface area contributed by atoms with Crippen molar-refractivity contribution in [1.29, 1.82) is 0 Å². The Morgan fingerprint density at radius 1 is 1.50 bits per heavy atom. The molecule has 2 N–H and O–H groups in total. The minimum Gasteiger partial charge on any atom is -0.383 e. The highest BCUT2D eigenvalue weighted by Crippen LogP contribution is 2.10. The molecule has 0 aliphatic carbocycles. The van der Waals surface area contributed by atoms with E-state index in [-0.39, 0.29) is 11.7 Å². The maximum Gasteiger partial charge on any atom is 0.319 e. The molecular weight excluding hydrogens is 291 g/mol. The lowest BCUT2D eigenvalue weighted by Gasteiger charge is -2.15. The molecule has 2 aromatic heterocycles. The molecule has 0 aliphatic rings. The topological polar surface area (TPSA) is 94.0 Å². The molecule has 2 heterocycles. The van der Waals surface area contributed by atoms with Gasteiger partial charge in [0, 0.05) is 19.7 Å². The minimum atomic E-state index is -0.523. The fourth-order valence-corrected chi connectivity index (χ4v) is 1.87. The summed E-state index contributed by atoms with van der Waals surface area (Å²) in [5, 5.41) is 13.0. The molecule has 0 radical (unpaired) electrons. The predicted molar refractivity (Wildman–Crippen MR) is 76.7 cm³/mol. The van der Waals surface area contributed by atoms with E-state index in [9.17, 15) is 9.18 Å².